The molecule has 2 aromatic carbocycles. The molecule has 4 nitrogen and oxygen atoms in total. The van der Waals surface area contributed by atoms with Crippen LogP contribution in [0, 0.1) is 0 Å². The number of nitrogens with zero attached hydrogens (tertiary/aromatic N) is 2. The van der Waals surface area contributed by atoms with Gasteiger partial charge >= 0.3 is 0 Å². The Morgan fingerprint density at radius 2 is 1.93 bits per heavy atom. The van der Waals surface area contributed by atoms with Gasteiger partial charge in [0, 0.05) is 37.7 Å². The van der Waals surface area contributed by atoms with E-state index in [0.29, 0.717) is 19.7 Å². The van der Waals surface area contributed by atoms with Gasteiger partial charge < -0.3 is 9.64 Å². The molecule has 1 saturated heterocycles. The summed E-state index contributed by atoms with van der Waals surface area (Å²) in [5.41, 5.74) is 3.76. The number of hydrogen-bond donors (Lipinski definition) is 0. The molecule has 1 fully saturated rings. The van der Waals surface area contributed by atoms with Crippen molar-refractivity contribution in [1.82, 2.24) is 9.80 Å². The normalized spacial score (nSPS) is 19.9. The van der Waals surface area contributed by atoms with Crippen LogP contribution in [0.5, 0.6) is 0 Å². The summed E-state index contributed by atoms with van der Waals surface area (Å²) in [5, 5.41) is 0.746. The number of fused-ring (bicyclic) bond motifs is 1. The maximum atomic E-state index is 13.0. The monoisotopic (exact) mass is 406 g/mol. The van der Waals surface area contributed by atoms with Crippen LogP contribution in [0.1, 0.15) is 16.7 Å². The number of halogens is 2. The van der Waals surface area contributed by atoms with Crippen molar-refractivity contribution in [3.63, 3.8) is 0 Å². The van der Waals surface area contributed by atoms with E-state index in [0.717, 1.165) is 36.6 Å². The molecule has 6 heteroatoms. The van der Waals surface area contributed by atoms with Gasteiger partial charge in [-0.1, -0.05) is 48.0 Å². The minimum absolute atomic E-state index is 0. The van der Waals surface area contributed by atoms with Crippen molar-refractivity contribution >= 4 is 29.9 Å². The first-order valence-corrected chi connectivity index (χ1v) is 9.51. The third kappa shape index (κ3) is 4.82. The Kier molecular flexibility index (Phi) is 6.77. The lowest BCUT2D eigenvalue weighted by atomic mass is 9.99. The lowest BCUT2D eigenvalue weighted by Gasteiger charge is -2.36. The van der Waals surface area contributed by atoms with Gasteiger partial charge in [0.25, 0.3) is 5.91 Å². The summed E-state index contributed by atoms with van der Waals surface area (Å²) in [6.07, 6.45) is 0.536. The maximum Gasteiger partial charge on any atom is 0.253 e. The van der Waals surface area contributed by atoms with Gasteiger partial charge in [-0.2, -0.15) is 0 Å². The van der Waals surface area contributed by atoms with Gasteiger partial charge in [-0.3, -0.25) is 9.69 Å². The van der Waals surface area contributed by atoms with Crippen LogP contribution >= 0.6 is 24.0 Å². The fourth-order valence-electron chi connectivity index (χ4n) is 3.78. The molecule has 27 heavy (non-hydrogen) atoms. The second-order valence-electron chi connectivity index (χ2n) is 7.00. The third-order valence-electron chi connectivity index (χ3n) is 5.16. The molecule has 0 aliphatic carbocycles. The van der Waals surface area contributed by atoms with E-state index in [1.807, 2.05) is 29.2 Å². The fraction of sp³-hybridized carbons (Fsp3) is 0.381. The molecule has 0 saturated carbocycles. The quantitative estimate of drug-likeness (QED) is 0.780. The standard InChI is InChI=1S/C21H23ClN2O2.ClH/c22-19-7-3-4-16(12-19)13-23-10-11-26-20(15-23)21(25)24-9-8-17-5-1-2-6-18(17)14-24;/h1-7,12,20H,8-11,13-15H2;1H. The molecule has 2 aromatic rings. The van der Waals surface area contributed by atoms with Crippen molar-refractivity contribution in [2.75, 3.05) is 26.2 Å². The molecule has 2 heterocycles. The highest BCUT2D eigenvalue weighted by Crippen LogP contribution is 2.21. The molecular formula is C21H24Cl2N2O2. The van der Waals surface area contributed by atoms with E-state index in [-0.39, 0.29) is 24.4 Å². The molecule has 144 valence electrons. The summed E-state index contributed by atoms with van der Waals surface area (Å²) in [6, 6.07) is 16.3. The third-order valence-corrected chi connectivity index (χ3v) is 5.40. The topological polar surface area (TPSA) is 32.8 Å². The zero-order valence-electron chi connectivity index (χ0n) is 15.1. The van der Waals surface area contributed by atoms with E-state index < -0.39 is 0 Å². The second kappa shape index (κ2) is 9.07. The van der Waals surface area contributed by atoms with Crippen molar-refractivity contribution in [3.05, 3.63) is 70.2 Å². The summed E-state index contributed by atoms with van der Waals surface area (Å²) in [6.45, 7) is 4.29. The van der Waals surface area contributed by atoms with Gasteiger partial charge in [-0.25, -0.2) is 0 Å². The molecule has 1 unspecified atom stereocenters. The van der Waals surface area contributed by atoms with Gasteiger partial charge in [0.05, 0.1) is 6.61 Å². The van der Waals surface area contributed by atoms with Crippen LogP contribution in [0.4, 0.5) is 0 Å². The SMILES string of the molecule is Cl.O=C(C1CN(Cc2cccc(Cl)c2)CCO1)N1CCc2ccccc2C1. The fourth-order valence-corrected chi connectivity index (χ4v) is 3.99. The van der Waals surface area contributed by atoms with Gasteiger partial charge in [-0.15, -0.1) is 12.4 Å². The maximum absolute atomic E-state index is 13.0. The number of ether oxygens (including phenoxy) is 1. The Morgan fingerprint density at radius 1 is 1.11 bits per heavy atom. The van der Waals surface area contributed by atoms with Crippen molar-refractivity contribution < 1.29 is 9.53 Å². The van der Waals surface area contributed by atoms with Crippen molar-refractivity contribution in [2.45, 2.75) is 25.6 Å². The second-order valence-corrected chi connectivity index (χ2v) is 7.44. The Morgan fingerprint density at radius 3 is 2.74 bits per heavy atom. The highest BCUT2D eigenvalue weighted by atomic mass is 35.5. The van der Waals surface area contributed by atoms with E-state index in [1.54, 1.807) is 0 Å². The minimum atomic E-state index is -0.381. The lowest BCUT2D eigenvalue weighted by molar-refractivity contribution is -0.150. The van der Waals surface area contributed by atoms with Crippen LogP contribution in [-0.2, 0) is 29.0 Å². The number of carbonyl (C=O) groups is 1. The molecule has 0 spiro atoms. The smallest absolute Gasteiger partial charge is 0.253 e. The van der Waals surface area contributed by atoms with E-state index >= 15 is 0 Å². The number of carbonyl (C=O) groups excluding carboxylic acids is 1. The van der Waals surface area contributed by atoms with E-state index in [2.05, 4.69) is 29.2 Å². The van der Waals surface area contributed by atoms with Crippen LogP contribution in [0.2, 0.25) is 5.02 Å². The Bertz CT molecular complexity index is 799. The highest BCUT2D eigenvalue weighted by Gasteiger charge is 2.31. The summed E-state index contributed by atoms with van der Waals surface area (Å²) < 4.78 is 5.81. The molecule has 2 aliphatic rings. The summed E-state index contributed by atoms with van der Waals surface area (Å²) >= 11 is 6.08. The summed E-state index contributed by atoms with van der Waals surface area (Å²) in [7, 11) is 0. The first kappa shape index (κ1) is 20.2. The zero-order chi connectivity index (χ0) is 17.9. The number of rotatable bonds is 3. The zero-order valence-corrected chi connectivity index (χ0v) is 16.7. The first-order chi connectivity index (χ1) is 12.7. The molecule has 1 amide bonds. The first-order valence-electron chi connectivity index (χ1n) is 9.13. The predicted molar refractivity (Wildman–Crippen MR) is 109 cm³/mol. The summed E-state index contributed by atoms with van der Waals surface area (Å²) in [5.74, 6) is 0.107. The Hall–Kier alpha value is -1.59. The molecule has 1 atom stereocenters. The number of benzene rings is 2. The number of amides is 1. The molecule has 4 rings (SSSR count). The van der Waals surface area contributed by atoms with Crippen LogP contribution in [0.3, 0.4) is 0 Å². The van der Waals surface area contributed by atoms with Crippen molar-refractivity contribution in [3.8, 4) is 0 Å². The van der Waals surface area contributed by atoms with Crippen molar-refractivity contribution in [1.29, 1.82) is 0 Å². The summed E-state index contributed by atoms with van der Waals surface area (Å²) in [4.78, 5) is 17.2. The van der Waals surface area contributed by atoms with Crippen molar-refractivity contribution in [2.24, 2.45) is 0 Å². The average molecular weight is 407 g/mol. The van der Waals surface area contributed by atoms with Gasteiger partial charge in [-0.05, 0) is 35.2 Å². The van der Waals surface area contributed by atoms with Gasteiger partial charge in [0.2, 0.25) is 0 Å². The van der Waals surface area contributed by atoms with Gasteiger partial charge in [0.1, 0.15) is 6.10 Å². The lowest BCUT2D eigenvalue weighted by Crippen LogP contribution is -2.51. The number of hydrogen-bond acceptors (Lipinski definition) is 3. The molecule has 0 N–H and O–H groups in total. The van der Waals surface area contributed by atoms with Crippen LogP contribution in [-0.4, -0.2) is 48.1 Å². The average Bonchev–Trinajstić information content (AvgIpc) is 2.67. The number of morpholine rings is 1. The molecule has 2 aliphatic heterocycles. The predicted octanol–water partition coefficient (Wildman–Crippen LogP) is 3.55. The largest absolute Gasteiger partial charge is 0.366 e. The van der Waals surface area contributed by atoms with E-state index in [9.17, 15) is 4.79 Å². The minimum Gasteiger partial charge on any atom is -0.366 e. The molecule has 0 aromatic heterocycles. The van der Waals surface area contributed by atoms with Crippen LogP contribution < -0.4 is 0 Å². The van der Waals surface area contributed by atoms with E-state index in [4.69, 9.17) is 16.3 Å². The van der Waals surface area contributed by atoms with Crippen LogP contribution in [0.15, 0.2) is 48.5 Å². The highest BCUT2D eigenvalue weighted by molar-refractivity contribution is 6.30. The molecule has 0 bridgehead atoms. The van der Waals surface area contributed by atoms with Crippen LogP contribution in [0.25, 0.3) is 0 Å². The Balaban J connectivity index is 0.00000210. The van der Waals surface area contributed by atoms with E-state index in [1.165, 1.54) is 11.1 Å². The van der Waals surface area contributed by atoms with Gasteiger partial charge in [0.15, 0.2) is 0 Å². The molecule has 0 radical (unpaired) electrons. The Labute approximate surface area is 171 Å². The molecular weight excluding hydrogens is 383 g/mol.